The van der Waals surface area contributed by atoms with Crippen molar-refractivity contribution in [2.45, 2.75) is 12.5 Å². The largest absolute Gasteiger partial charge is 0.497 e. The number of benzene rings is 4. The van der Waals surface area contributed by atoms with Crippen molar-refractivity contribution in [2.24, 2.45) is 5.10 Å². The minimum atomic E-state index is -0.0379. The lowest BCUT2D eigenvalue weighted by Gasteiger charge is -2.23. The highest BCUT2D eigenvalue weighted by atomic mass is 16.5. The molecule has 0 fully saturated rings. The summed E-state index contributed by atoms with van der Waals surface area (Å²) >= 11 is 0. The lowest BCUT2D eigenvalue weighted by molar-refractivity contribution is 0.414. The van der Waals surface area contributed by atoms with Gasteiger partial charge in [0.05, 0.1) is 43.0 Å². The maximum Gasteiger partial charge on any atom is 0.118 e. The molecule has 0 bridgehead atoms. The molecule has 0 spiro atoms. The van der Waals surface area contributed by atoms with Gasteiger partial charge in [0.25, 0.3) is 0 Å². The van der Waals surface area contributed by atoms with Crippen LogP contribution in [0.25, 0.3) is 16.9 Å². The van der Waals surface area contributed by atoms with Crippen LogP contribution in [0.5, 0.6) is 11.5 Å². The summed E-state index contributed by atoms with van der Waals surface area (Å²) in [7, 11) is 3.36. The second kappa shape index (κ2) is 10.3. The Morgan fingerprint density at radius 3 is 1.79 bits per heavy atom. The average Bonchev–Trinajstić information content (AvgIpc) is 3.64. The second-order valence-corrected chi connectivity index (χ2v) is 9.12. The highest BCUT2D eigenvalue weighted by Gasteiger charge is 2.33. The molecule has 0 aliphatic carbocycles. The molecule has 38 heavy (non-hydrogen) atoms. The molecule has 0 N–H and O–H groups in total. The molecule has 0 saturated carbocycles. The van der Waals surface area contributed by atoms with E-state index in [1.54, 1.807) is 14.2 Å². The zero-order chi connectivity index (χ0) is 25.9. The normalized spacial score (nSPS) is 14.8. The van der Waals surface area contributed by atoms with Gasteiger partial charge < -0.3 is 9.47 Å². The average molecular weight is 501 g/mol. The van der Waals surface area contributed by atoms with Crippen LogP contribution in [0.15, 0.2) is 120 Å². The predicted octanol–water partition coefficient (Wildman–Crippen LogP) is 6.91. The quantitative estimate of drug-likeness (QED) is 0.244. The molecule has 6 heteroatoms. The van der Waals surface area contributed by atoms with Crippen molar-refractivity contribution in [2.75, 3.05) is 19.2 Å². The van der Waals surface area contributed by atoms with Gasteiger partial charge in [-0.05, 0) is 78.4 Å². The Bertz CT molecular complexity index is 1540. The fourth-order valence-corrected chi connectivity index (χ4v) is 4.85. The molecule has 0 saturated heterocycles. The molecule has 1 aromatic heterocycles. The summed E-state index contributed by atoms with van der Waals surface area (Å²) < 4.78 is 12.7. The van der Waals surface area contributed by atoms with E-state index in [1.165, 1.54) is 0 Å². The van der Waals surface area contributed by atoms with Crippen molar-refractivity contribution in [1.82, 2.24) is 9.78 Å². The molecule has 1 aliphatic heterocycles. The Morgan fingerprint density at radius 2 is 1.21 bits per heavy atom. The highest BCUT2D eigenvalue weighted by Crippen LogP contribution is 2.41. The van der Waals surface area contributed by atoms with Crippen LogP contribution in [0.2, 0.25) is 0 Å². The summed E-state index contributed by atoms with van der Waals surface area (Å²) in [6.45, 7) is 0. The summed E-state index contributed by atoms with van der Waals surface area (Å²) in [6.07, 6.45) is 2.88. The van der Waals surface area contributed by atoms with Gasteiger partial charge >= 0.3 is 0 Å². The van der Waals surface area contributed by atoms with Crippen LogP contribution >= 0.6 is 0 Å². The zero-order valence-electron chi connectivity index (χ0n) is 21.4. The number of rotatable bonds is 7. The molecule has 2 heterocycles. The fraction of sp³-hybridized carbons (Fsp3) is 0.125. The first kappa shape index (κ1) is 23.6. The third-order valence-corrected chi connectivity index (χ3v) is 6.84. The van der Waals surface area contributed by atoms with Crippen LogP contribution in [0.3, 0.4) is 0 Å². The number of anilines is 1. The van der Waals surface area contributed by atoms with E-state index in [2.05, 4.69) is 59.7 Å². The Hall–Kier alpha value is -4.84. The monoisotopic (exact) mass is 500 g/mol. The van der Waals surface area contributed by atoms with E-state index >= 15 is 0 Å². The van der Waals surface area contributed by atoms with E-state index in [4.69, 9.17) is 19.7 Å². The molecule has 1 atom stereocenters. The third-order valence-electron chi connectivity index (χ3n) is 6.84. The van der Waals surface area contributed by atoms with Gasteiger partial charge in [-0.1, -0.05) is 36.4 Å². The van der Waals surface area contributed by atoms with Crippen molar-refractivity contribution in [3.8, 4) is 28.4 Å². The van der Waals surface area contributed by atoms with Gasteiger partial charge in [0.2, 0.25) is 0 Å². The number of hydrogen-bond donors (Lipinski definition) is 0. The van der Waals surface area contributed by atoms with E-state index in [0.29, 0.717) is 0 Å². The Morgan fingerprint density at radius 1 is 0.658 bits per heavy atom. The first-order valence-corrected chi connectivity index (χ1v) is 12.6. The van der Waals surface area contributed by atoms with Gasteiger partial charge in [-0.15, -0.1) is 0 Å². The number of hydrogen-bond acceptors (Lipinski definition) is 5. The van der Waals surface area contributed by atoms with E-state index in [0.717, 1.165) is 57.4 Å². The van der Waals surface area contributed by atoms with Crippen LogP contribution in [-0.2, 0) is 0 Å². The molecule has 0 amide bonds. The van der Waals surface area contributed by atoms with Crippen LogP contribution in [-0.4, -0.2) is 29.7 Å². The smallest absolute Gasteiger partial charge is 0.118 e. The fourth-order valence-electron chi connectivity index (χ4n) is 4.85. The summed E-state index contributed by atoms with van der Waals surface area (Å²) in [5.74, 6) is 1.64. The van der Waals surface area contributed by atoms with Crippen LogP contribution in [0, 0.1) is 0 Å². The van der Waals surface area contributed by atoms with Gasteiger partial charge in [-0.3, -0.25) is 5.01 Å². The van der Waals surface area contributed by atoms with E-state index in [-0.39, 0.29) is 6.04 Å². The first-order chi connectivity index (χ1) is 18.7. The predicted molar refractivity (Wildman–Crippen MR) is 151 cm³/mol. The van der Waals surface area contributed by atoms with E-state index < -0.39 is 0 Å². The van der Waals surface area contributed by atoms with Crippen molar-refractivity contribution in [3.05, 3.63) is 127 Å². The van der Waals surface area contributed by atoms with E-state index in [9.17, 15) is 0 Å². The number of hydrazone groups is 1. The summed E-state index contributed by atoms with van der Waals surface area (Å²) in [5, 5.41) is 12.3. The van der Waals surface area contributed by atoms with Gasteiger partial charge in [0.15, 0.2) is 0 Å². The number of para-hydroxylation sites is 2. The van der Waals surface area contributed by atoms with Crippen molar-refractivity contribution >= 4 is 11.4 Å². The van der Waals surface area contributed by atoms with Gasteiger partial charge in [0.1, 0.15) is 11.5 Å². The number of ether oxygens (including phenoxy) is 2. The highest BCUT2D eigenvalue weighted by molar-refractivity contribution is 6.03. The second-order valence-electron chi connectivity index (χ2n) is 9.12. The molecule has 6 rings (SSSR count). The maximum absolute atomic E-state index is 5.40. The van der Waals surface area contributed by atoms with Gasteiger partial charge in [-0.2, -0.15) is 10.2 Å². The molecule has 0 unspecified atom stereocenters. The number of methoxy groups -OCH3 is 2. The zero-order valence-corrected chi connectivity index (χ0v) is 21.4. The molecular formula is C32H28N4O2. The SMILES string of the molecule is COc1ccc(C2=NN(c3ccccc3)[C@H](c3cn(-c4ccccc4)nc3-c3ccc(OC)cc3)C2)cc1. The topological polar surface area (TPSA) is 51.9 Å². The van der Waals surface area contributed by atoms with Gasteiger partial charge in [0, 0.05) is 23.7 Å². The van der Waals surface area contributed by atoms with Crippen LogP contribution < -0.4 is 14.5 Å². The van der Waals surface area contributed by atoms with Crippen molar-refractivity contribution < 1.29 is 9.47 Å². The third kappa shape index (κ3) is 4.52. The first-order valence-electron chi connectivity index (χ1n) is 12.6. The Labute approximate surface area is 222 Å². The van der Waals surface area contributed by atoms with Crippen LogP contribution in [0.4, 0.5) is 5.69 Å². The molecule has 1 aliphatic rings. The lowest BCUT2D eigenvalue weighted by Crippen LogP contribution is -2.18. The molecule has 0 radical (unpaired) electrons. The molecule has 6 nitrogen and oxygen atoms in total. The van der Waals surface area contributed by atoms with Crippen LogP contribution in [0.1, 0.15) is 23.6 Å². The summed E-state index contributed by atoms with van der Waals surface area (Å²) in [6, 6.07) is 36.7. The minimum Gasteiger partial charge on any atom is -0.497 e. The van der Waals surface area contributed by atoms with E-state index in [1.807, 2.05) is 65.3 Å². The molecular weight excluding hydrogens is 472 g/mol. The molecule has 4 aromatic carbocycles. The maximum atomic E-state index is 5.40. The molecule has 5 aromatic rings. The Kier molecular flexibility index (Phi) is 6.36. The Balaban J connectivity index is 1.47. The van der Waals surface area contributed by atoms with Crippen molar-refractivity contribution in [1.29, 1.82) is 0 Å². The summed E-state index contributed by atoms with van der Waals surface area (Å²) in [4.78, 5) is 0. The molecule has 188 valence electrons. The lowest BCUT2D eigenvalue weighted by atomic mass is 9.96. The van der Waals surface area contributed by atoms with Crippen molar-refractivity contribution in [3.63, 3.8) is 0 Å². The minimum absolute atomic E-state index is 0.0379. The number of aromatic nitrogens is 2. The number of nitrogens with zero attached hydrogens (tertiary/aromatic N) is 4. The standard InChI is InChI=1S/C32H28N4O2/c1-37-27-17-13-23(14-18-27)30-21-31(36(33-30)26-11-7-4-8-12-26)29-22-35(25-9-5-3-6-10-25)34-32(29)24-15-19-28(38-2)20-16-24/h3-20,22,31H,21H2,1-2H3/t31-/m0/s1. The van der Waals surface area contributed by atoms with Gasteiger partial charge in [-0.25, -0.2) is 4.68 Å². The summed E-state index contributed by atoms with van der Waals surface area (Å²) in [5.41, 5.74) is 7.21.